The Balaban J connectivity index is 2.04. The van der Waals surface area contributed by atoms with Gasteiger partial charge in [-0.15, -0.1) is 11.3 Å². The van der Waals surface area contributed by atoms with Crippen molar-refractivity contribution in [2.75, 3.05) is 5.73 Å². The number of para-hydroxylation sites is 1. The highest BCUT2D eigenvalue weighted by molar-refractivity contribution is 7.14. The highest BCUT2D eigenvalue weighted by Crippen LogP contribution is 2.32. The third-order valence-electron chi connectivity index (χ3n) is 2.51. The smallest absolute Gasteiger partial charge is 0.124 e. The van der Waals surface area contributed by atoms with Gasteiger partial charge in [0.05, 0.1) is 5.69 Å². The van der Waals surface area contributed by atoms with Crippen molar-refractivity contribution in [1.29, 1.82) is 0 Å². The molecule has 0 saturated carbocycles. The van der Waals surface area contributed by atoms with Crippen molar-refractivity contribution in [3.8, 4) is 21.8 Å². The number of hydrogen-bond donors (Lipinski definition) is 1. The first-order valence-corrected chi connectivity index (χ1v) is 7.00. The van der Waals surface area contributed by atoms with Crippen LogP contribution in [0.2, 0.25) is 0 Å². The van der Waals surface area contributed by atoms with E-state index >= 15 is 0 Å². The van der Waals surface area contributed by atoms with E-state index in [-0.39, 0.29) is 0 Å². The lowest BCUT2D eigenvalue weighted by atomic mass is 10.1. The number of nitrogens with zero attached hydrogens (tertiary/aromatic N) is 1. The molecule has 0 spiro atoms. The number of rotatable bonds is 2. The Morgan fingerprint density at radius 1 is 1.06 bits per heavy atom. The van der Waals surface area contributed by atoms with Gasteiger partial charge in [0.1, 0.15) is 5.01 Å². The number of nitrogens with two attached hydrogens (primary N) is 1. The van der Waals surface area contributed by atoms with E-state index in [9.17, 15) is 0 Å². The largest absolute Gasteiger partial charge is 0.398 e. The third-order valence-corrected chi connectivity index (χ3v) is 4.08. The van der Waals surface area contributed by atoms with Crippen LogP contribution in [0.1, 0.15) is 0 Å². The Kier molecular flexibility index (Phi) is 2.66. The van der Waals surface area contributed by atoms with Gasteiger partial charge in [-0.3, -0.25) is 0 Å². The van der Waals surface area contributed by atoms with Gasteiger partial charge >= 0.3 is 0 Å². The summed E-state index contributed by atoms with van der Waals surface area (Å²) in [7, 11) is 0. The van der Waals surface area contributed by atoms with Gasteiger partial charge in [0.25, 0.3) is 0 Å². The zero-order valence-corrected chi connectivity index (χ0v) is 10.6. The number of thiophene rings is 1. The van der Waals surface area contributed by atoms with Crippen LogP contribution in [0.15, 0.2) is 46.5 Å². The number of benzene rings is 1. The first-order chi connectivity index (χ1) is 8.34. The van der Waals surface area contributed by atoms with Crippen molar-refractivity contribution in [3.63, 3.8) is 0 Å². The molecule has 0 aliphatic rings. The first-order valence-electron chi connectivity index (χ1n) is 5.17. The Labute approximate surface area is 107 Å². The Hall–Kier alpha value is -1.65. The Bertz CT molecular complexity index is 626. The van der Waals surface area contributed by atoms with E-state index in [0.717, 1.165) is 22.0 Å². The van der Waals surface area contributed by atoms with Crippen LogP contribution in [-0.2, 0) is 0 Å². The van der Waals surface area contributed by atoms with Crippen LogP contribution in [0.5, 0.6) is 0 Å². The lowest BCUT2D eigenvalue weighted by Gasteiger charge is -2.00. The summed E-state index contributed by atoms with van der Waals surface area (Å²) < 4.78 is 0. The van der Waals surface area contributed by atoms with E-state index in [1.165, 1.54) is 5.56 Å². The summed E-state index contributed by atoms with van der Waals surface area (Å²) in [4.78, 5) is 4.63. The molecule has 2 aromatic heterocycles. The molecule has 2 heterocycles. The predicted octanol–water partition coefficient (Wildman–Crippen LogP) is 4.12. The maximum Gasteiger partial charge on any atom is 0.124 e. The second-order valence-electron chi connectivity index (χ2n) is 3.64. The van der Waals surface area contributed by atoms with Crippen LogP contribution in [0.3, 0.4) is 0 Å². The molecule has 0 saturated heterocycles. The molecule has 1 aromatic carbocycles. The molecule has 3 aromatic rings. The number of hydrogen-bond acceptors (Lipinski definition) is 4. The highest BCUT2D eigenvalue weighted by atomic mass is 32.1. The average Bonchev–Trinajstić information content (AvgIpc) is 3.00. The predicted molar refractivity (Wildman–Crippen MR) is 75.3 cm³/mol. The fourth-order valence-electron chi connectivity index (χ4n) is 1.65. The molecule has 2 N–H and O–H groups in total. The highest BCUT2D eigenvalue weighted by Gasteiger charge is 2.08. The molecule has 0 unspecified atom stereocenters. The molecule has 0 bridgehead atoms. The molecule has 0 fully saturated rings. The number of aromatic nitrogens is 1. The summed E-state index contributed by atoms with van der Waals surface area (Å²) in [6.07, 6.45) is 0. The maximum atomic E-state index is 5.95. The molecular formula is C13H10N2S2. The monoisotopic (exact) mass is 258 g/mol. The van der Waals surface area contributed by atoms with Crippen molar-refractivity contribution >= 4 is 28.4 Å². The first kappa shape index (κ1) is 10.5. The van der Waals surface area contributed by atoms with Crippen molar-refractivity contribution < 1.29 is 0 Å². The van der Waals surface area contributed by atoms with Gasteiger partial charge in [0.2, 0.25) is 0 Å². The average molecular weight is 258 g/mol. The maximum absolute atomic E-state index is 5.95. The minimum atomic E-state index is 0.773. The Morgan fingerprint density at radius 2 is 1.94 bits per heavy atom. The molecular weight excluding hydrogens is 248 g/mol. The molecule has 84 valence electrons. The minimum absolute atomic E-state index is 0.773. The van der Waals surface area contributed by atoms with Gasteiger partial charge in [-0.1, -0.05) is 18.2 Å². The van der Waals surface area contributed by atoms with E-state index in [1.54, 1.807) is 22.7 Å². The number of anilines is 1. The second kappa shape index (κ2) is 4.31. The zero-order chi connectivity index (χ0) is 11.7. The molecule has 0 aliphatic carbocycles. The summed E-state index contributed by atoms with van der Waals surface area (Å²) in [5, 5.41) is 7.27. The van der Waals surface area contributed by atoms with Crippen LogP contribution < -0.4 is 5.73 Å². The quantitative estimate of drug-likeness (QED) is 0.702. The van der Waals surface area contributed by atoms with Gasteiger partial charge in [0, 0.05) is 27.6 Å². The van der Waals surface area contributed by atoms with E-state index < -0.39 is 0 Å². The summed E-state index contributed by atoms with van der Waals surface area (Å²) in [6.45, 7) is 0. The van der Waals surface area contributed by atoms with Crippen molar-refractivity contribution in [1.82, 2.24) is 4.98 Å². The molecule has 0 amide bonds. The lowest BCUT2D eigenvalue weighted by Crippen LogP contribution is -1.89. The molecule has 0 radical (unpaired) electrons. The summed E-state index contributed by atoms with van der Waals surface area (Å²) in [6, 6.07) is 9.91. The third kappa shape index (κ3) is 1.97. The van der Waals surface area contributed by atoms with Crippen LogP contribution in [0.4, 0.5) is 5.69 Å². The zero-order valence-electron chi connectivity index (χ0n) is 8.96. The van der Waals surface area contributed by atoms with Gasteiger partial charge in [-0.05, 0) is 17.5 Å². The van der Waals surface area contributed by atoms with E-state index in [1.807, 2.05) is 24.3 Å². The van der Waals surface area contributed by atoms with Crippen LogP contribution in [0, 0.1) is 0 Å². The summed E-state index contributed by atoms with van der Waals surface area (Å²) in [5.41, 5.74) is 9.86. The van der Waals surface area contributed by atoms with Crippen molar-refractivity contribution in [3.05, 3.63) is 46.5 Å². The SMILES string of the molecule is Nc1ccccc1-c1csc(-c2ccsc2)n1. The number of nitrogen functional groups attached to an aromatic ring is 1. The second-order valence-corrected chi connectivity index (χ2v) is 5.28. The van der Waals surface area contributed by atoms with Gasteiger partial charge in [-0.2, -0.15) is 11.3 Å². The van der Waals surface area contributed by atoms with Gasteiger partial charge < -0.3 is 5.73 Å². The normalized spacial score (nSPS) is 10.6. The van der Waals surface area contributed by atoms with Crippen LogP contribution >= 0.6 is 22.7 Å². The van der Waals surface area contributed by atoms with Crippen molar-refractivity contribution in [2.24, 2.45) is 0 Å². The van der Waals surface area contributed by atoms with Crippen molar-refractivity contribution in [2.45, 2.75) is 0 Å². The van der Waals surface area contributed by atoms with E-state index in [2.05, 4.69) is 27.2 Å². The fourth-order valence-corrected chi connectivity index (χ4v) is 3.18. The number of thiazole rings is 1. The molecule has 17 heavy (non-hydrogen) atoms. The minimum Gasteiger partial charge on any atom is -0.398 e. The van der Waals surface area contributed by atoms with Crippen LogP contribution in [0.25, 0.3) is 21.8 Å². The Morgan fingerprint density at radius 3 is 2.71 bits per heavy atom. The molecule has 4 heteroatoms. The molecule has 2 nitrogen and oxygen atoms in total. The van der Waals surface area contributed by atoms with Crippen LogP contribution in [-0.4, -0.2) is 4.98 Å². The fraction of sp³-hybridized carbons (Fsp3) is 0. The molecule has 0 atom stereocenters. The molecule has 3 rings (SSSR count). The van der Waals surface area contributed by atoms with Gasteiger partial charge in [0.15, 0.2) is 0 Å². The lowest BCUT2D eigenvalue weighted by molar-refractivity contribution is 1.41. The topological polar surface area (TPSA) is 38.9 Å². The van der Waals surface area contributed by atoms with E-state index in [0.29, 0.717) is 0 Å². The van der Waals surface area contributed by atoms with E-state index in [4.69, 9.17) is 5.73 Å². The standard InChI is InChI=1S/C13H10N2S2/c14-11-4-2-1-3-10(11)12-8-17-13(15-12)9-5-6-16-7-9/h1-8H,14H2. The molecule has 0 aliphatic heterocycles. The van der Waals surface area contributed by atoms with Gasteiger partial charge in [-0.25, -0.2) is 4.98 Å². The summed E-state index contributed by atoms with van der Waals surface area (Å²) in [5.74, 6) is 0. The summed E-state index contributed by atoms with van der Waals surface area (Å²) >= 11 is 3.34.